The van der Waals surface area contributed by atoms with Crippen LogP contribution in [0.5, 0.6) is 0 Å². The van der Waals surface area contributed by atoms with Gasteiger partial charge in [-0.2, -0.15) is 0 Å². The minimum atomic E-state index is -1.86. The molecule has 3 heteroatoms. The van der Waals surface area contributed by atoms with Crippen LogP contribution < -0.4 is 0 Å². The Morgan fingerprint density at radius 1 is 0.842 bits per heavy atom. The van der Waals surface area contributed by atoms with Crippen molar-refractivity contribution < 1.29 is 8.85 Å². The van der Waals surface area contributed by atoms with Crippen LogP contribution in [0.4, 0.5) is 0 Å². The molecule has 1 unspecified atom stereocenters. The fraction of sp³-hybridized carbons (Fsp3) is 1.00. The second-order valence-corrected chi connectivity index (χ2v) is 9.57. The Balaban J connectivity index is 3.42. The van der Waals surface area contributed by atoms with Crippen LogP contribution in [0.15, 0.2) is 0 Å². The Morgan fingerprint density at radius 3 is 2.00 bits per heavy atom. The number of rotatable bonds is 13. The average Bonchev–Trinajstić information content (AvgIpc) is 2.39. The molecule has 0 rings (SSSR count). The fourth-order valence-corrected chi connectivity index (χ4v) is 3.28. The van der Waals surface area contributed by atoms with Crippen molar-refractivity contribution in [3.05, 3.63) is 0 Å². The summed E-state index contributed by atoms with van der Waals surface area (Å²) in [6.07, 6.45) is 10.5. The molecule has 0 bridgehead atoms. The van der Waals surface area contributed by atoms with Gasteiger partial charge in [0.25, 0.3) is 0 Å². The summed E-state index contributed by atoms with van der Waals surface area (Å²) in [5.74, 6) is 0.647. The van der Waals surface area contributed by atoms with Crippen LogP contribution in [0.2, 0.25) is 13.1 Å². The van der Waals surface area contributed by atoms with E-state index in [0.717, 1.165) is 13.2 Å². The molecule has 116 valence electrons. The van der Waals surface area contributed by atoms with Crippen LogP contribution >= 0.6 is 0 Å². The molecule has 0 amide bonds. The van der Waals surface area contributed by atoms with Gasteiger partial charge in [0.15, 0.2) is 0 Å². The smallest absolute Gasteiger partial charge is 0.331 e. The average molecular weight is 289 g/mol. The van der Waals surface area contributed by atoms with Gasteiger partial charge in [0, 0.05) is 13.2 Å². The van der Waals surface area contributed by atoms with Gasteiger partial charge in [0.2, 0.25) is 0 Å². The molecular weight excluding hydrogens is 252 g/mol. The highest BCUT2D eigenvalue weighted by molar-refractivity contribution is 6.64. The summed E-state index contributed by atoms with van der Waals surface area (Å²) in [6.45, 7) is 12.8. The summed E-state index contributed by atoms with van der Waals surface area (Å²) in [5.41, 5.74) is 0. The van der Waals surface area contributed by atoms with Crippen LogP contribution in [0.1, 0.15) is 72.1 Å². The molecule has 0 heterocycles. The van der Waals surface area contributed by atoms with Crippen molar-refractivity contribution in [2.75, 3.05) is 13.2 Å². The highest BCUT2D eigenvalue weighted by Gasteiger charge is 2.24. The van der Waals surface area contributed by atoms with Crippen molar-refractivity contribution >= 4 is 8.56 Å². The first-order chi connectivity index (χ1) is 9.02. The van der Waals surface area contributed by atoms with Crippen molar-refractivity contribution in [3.63, 3.8) is 0 Å². The molecule has 0 aromatic heterocycles. The summed E-state index contributed by atoms with van der Waals surface area (Å²) in [4.78, 5) is 0. The molecule has 0 radical (unpaired) electrons. The molecule has 0 spiro atoms. The molecule has 0 fully saturated rings. The first-order valence-corrected chi connectivity index (χ1v) is 11.1. The molecule has 2 nitrogen and oxygen atoms in total. The van der Waals surface area contributed by atoms with E-state index in [1.165, 1.54) is 51.4 Å². The maximum absolute atomic E-state index is 5.97. The van der Waals surface area contributed by atoms with Gasteiger partial charge < -0.3 is 8.85 Å². The van der Waals surface area contributed by atoms with Gasteiger partial charge >= 0.3 is 8.56 Å². The highest BCUT2D eigenvalue weighted by atomic mass is 28.4. The van der Waals surface area contributed by atoms with E-state index in [9.17, 15) is 0 Å². The lowest BCUT2D eigenvalue weighted by Crippen LogP contribution is -2.36. The zero-order chi connectivity index (χ0) is 14.6. The quantitative estimate of drug-likeness (QED) is 0.328. The Morgan fingerprint density at radius 2 is 1.42 bits per heavy atom. The molecule has 0 saturated carbocycles. The highest BCUT2D eigenvalue weighted by Crippen LogP contribution is 2.12. The van der Waals surface area contributed by atoms with E-state index in [-0.39, 0.29) is 0 Å². The van der Waals surface area contributed by atoms with Crippen LogP contribution in [0.3, 0.4) is 0 Å². The monoisotopic (exact) mass is 288 g/mol. The van der Waals surface area contributed by atoms with Crippen molar-refractivity contribution in [2.24, 2.45) is 5.92 Å². The van der Waals surface area contributed by atoms with E-state index in [0.29, 0.717) is 5.92 Å². The van der Waals surface area contributed by atoms with Crippen LogP contribution in [0.25, 0.3) is 0 Å². The predicted octanol–water partition coefficient (Wildman–Crippen LogP) is 5.52. The Kier molecular flexibility index (Phi) is 12.0. The zero-order valence-electron chi connectivity index (χ0n) is 14.0. The molecule has 0 aliphatic carbocycles. The third-order valence-electron chi connectivity index (χ3n) is 3.61. The lowest BCUT2D eigenvalue weighted by atomic mass is 10.1. The van der Waals surface area contributed by atoms with Gasteiger partial charge in [-0.25, -0.2) is 0 Å². The summed E-state index contributed by atoms with van der Waals surface area (Å²) >= 11 is 0. The van der Waals surface area contributed by atoms with E-state index >= 15 is 0 Å². The third-order valence-corrected chi connectivity index (χ3v) is 5.37. The summed E-state index contributed by atoms with van der Waals surface area (Å²) in [5, 5.41) is 0. The predicted molar refractivity (Wildman–Crippen MR) is 86.8 cm³/mol. The lowest BCUT2D eigenvalue weighted by Gasteiger charge is -2.24. The molecular formula is C16H36O2Si. The van der Waals surface area contributed by atoms with Gasteiger partial charge in [-0.3, -0.25) is 0 Å². The molecule has 0 N–H and O–H groups in total. The fourth-order valence-electron chi connectivity index (χ4n) is 1.88. The minimum Gasteiger partial charge on any atom is -0.395 e. The number of hydrogen-bond acceptors (Lipinski definition) is 2. The van der Waals surface area contributed by atoms with E-state index in [2.05, 4.69) is 33.9 Å². The van der Waals surface area contributed by atoms with Crippen molar-refractivity contribution in [1.82, 2.24) is 0 Å². The maximum Gasteiger partial charge on any atom is 0.331 e. The largest absolute Gasteiger partial charge is 0.395 e. The van der Waals surface area contributed by atoms with Gasteiger partial charge in [0.1, 0.15) is 0 Å². The number of hydrogen-bond donors (Lipinski definition) is 0. The van der Waals surface area contributed by atoms with Gasteiger partial charge in [-0.05, 0) is 25.4 Å². The second kappa shape index (κ2) is 11.9. The molecule has 0 saturated heterocycles. The maximum atomic E-state index is 5.97. The van der Waals surface area contributed by atoms with E-state index in [1.807, 2.05) is 0 Å². The van der Waals surface area contributed by atoms with E-state index in [1.54, 1.807) is 0 Å². The van der Waals surface area contributed by atoms with Gasteiger partial charge in [0.05, 0.1) is 0 Å². The van der Waals surface area contributed by atoms with E-state index < -0.39 is 8.56 Å². The Labute approximate surface area is 122 Å². The summed E-state index contributed by atoms with van der Waals surface area (Å²) in [7, 11) is -1.86. The molecule has 19 heavy (non-hydrogen) atoms. The van der Waals surface area contributed by atoms with Crippen LogP contribution in [0, 0.1) is 5.92 Å². The van der Waals surface area contributed by atoms with Crippen molar-refractivity contribution in [2.45, 2.75) is 85.2 Å². The topological polar surface area (TPSA) is 18.5 Å². The molecule has 0 aliphatic heterocycles. The Hall–Kier alpha value is 0.137. The molecule has 1 atom stereocenters. The minimum absolute atomic E-state index is 0.647. The van der Waals surface area contributed by atoms with Gasteiger partial charge in [-0.1, -0.05) is 65.7 Å². The van der Waals surface area contributed by atoms with Crippen molar-refractivity contribution in [1.29, 1.82) is 0 Å². The van der Waals surface area contributed by atoms with Crippen LogP contribution in [-0.4, -0.2) is 21.8 Å². The lowest BCUT2D eigenvalue weighted by molar-refractivity contribution is 0.154. The summed E-state index contributed by atoms with van der Waals surface area (Å²) in [6, 6.07) is 0. The molecule has 0 aromatic rings. The van der Waals surface area contributed by atoms with E-state index in [4.69, 9.17) is 8.85 Å². The number of unbranched alkanes of at least 4 members (excludes halogenated alkanes) is 6. The second-order valence-electron chi connectivity index (χ2n) is 6.19. The first kappa shape index (κ1) is 19.1. The van der Waals surface area contributed by atoms with Crippen LogP contribution in [-0.2, 0) is 8.85 Å². The normalized spacial score (nSPS) is 13.7. The molecule has 0 aromatic carbocycles. The van der Waals surface area contributed by atoms with Gasteiger partial charge in [-0.15, -0.1) is 0 Å². The standard InChI is InChI=1S/C16H36O2Si/c1-6-8-9-10-11-12-13-14-17-19(4,5)18-15-16(3)7-2/h16H,6-15H2,1-5H3. The summed E-state index contributed by atoms with van der Waals surface area (Å²) < 4.78 is 11.9. The zero-order valence-corrected chi connectivity index (χ0v) is 15.0. The molecule has 0 aliphatic rings. The van der Waals surface area contributed by atoms with Crippen molar-refractivity contribution in [3.8, 4) is 0 Å². The SMILES string of the molecule is CCCCCCCCCO[Si](C)(C)OCC(C)CC. The first-order valence-electron chi connectivity index (χ1n) is 8.29. The third kappa shape index (κ3) is 12.9. The Bertz CT molecular complexity index is 195.